The average molecular weight is 204 g/mol. The van der Waals surface area contributed by atoms with Crippen LogP contribution in [0.15, 0.2) is 11.9 Å². The summed E-state index contributed by atoms with van der Waals surface area (Å²) in [7, 11) is -2.05. The molecule has 6 heteroatoms. The second-order valence-corrected chi connectivity index (χ2v) is 5.00. The van der Waals surface area contributed by atoms with Gasteiger partial charge >= 0.3 is 7.60 Å². The molecule has 0 aromatic carbocycles. The van der Waals surface area contributed by atoms with Crippen molar-refractivity contribution in [2.75, 3.05) is 0 Å². The van der Waals surface area contributed by atoms with Crippen molar-refractivity contribution in [2.45, 2.75) is 25.5 Å². The van der Waals surface area contributed by atoms with E-state index < -0.39 is 7.60 Å². The number of ether oxygens (including phenoxy) is 1. The summed E-state index contributed by atoms with van der Waals surface area (Å²) < 4.78 is 15.9. The predicted molar refractivity (Wildman–Crippen MR) is 52.2 cm³/mol. The summed E-state index contributed by atoms with van der Waals surface area (Å²) in [4.78, 5) is 17.2. The molecule has 0 amide bonds. The van der Waals surface area contributed by atoms with Crippen molar-refractivity contribution in [3.8, 4) is 0 Å². The fourth-order valence-corrected chi connectivity index (χ4v) is 1.77. The zero-order valence-corrected chi connectivity index (χ0v) is 8.65. The van der Waals surface area contributed by atoms with E-state index in [0.717, 1.165) is 12.2 Å². The first-order chi connectivity index (χ1) is 5.88. The van der Waals surface area contributed by atoms with Crippen LogP contribution in [0.2, 0.25) is 0 Å². The Morgan fingerprint density at radius 3 is 2.62 bits per heavy atom. The molecule has 0 radical (unpaired) electrons. The van der Waals surface area contributed by atoms with E-state index in [1.54, 1.807) is 0 Å². The Kier molecular flexibility index (Phi) is 3.35. The summed E-state index contributed by atoms with van der Waals surface area (Å²) in [6.07, 6.45) is 2.15. The second-order valence-electron chi connectivity index (χ2n) is 3.52. The molecule has 0 saturated carbocycles. The molecule has 1 rings (SSSR count). The Morgan fingerprint density at radius 2 is 2.23 bits per heavy atom. The first-order valence-corrected chi connectivity index (χ1v) is 5.96. The van der Waals surface area contributed by atoms with Crippen molar-refractivity contribution in [3.63, 3.8) is 0 Å². The van der Waals surface area contributed by atoms with E-state index in [2.05, 4.69) is 6.92 Å². The molecule has 0 bridgehead atoms. The van der Waals surface area contributed by atoms with Crippen LogP contribution in [0.5, 0.6) is 0 Å². The van der Waals surface area contributed by atoms with Gasteiger partial charge in [0, 0.05) is 11.8 Å². The zero-order valence-electron chi connectivity index (χ0n) is 7.75. The molecule has 74 valence electrons. The normalized spacial score (nSPS) is 35.8. The summed E-state index contributed by atoms with van der Waals surface area (Å²) in [6.45, 7) is 2.07. The smallest absolute Gasteiger partial charge is 0.348 e. The van der Waals surface area contributed by atoms with Gasteiger partial charge in [0.1, 0.15) is 7.85 Å². The molecule has 1 aliphatic rings. The molecule has 1 saturated heterocycles. The van der Waals surface area contributed by atoms with E-state index in [9.17, 15) is 4.57 Å². The van der Waals surface area contributed by atoms with Gasteiger partial charge in [-0.2, -0.15) is 0 Å². The van der Waals surface area contributed by atoms with E-state index in [1.165, 1.54) is 6.08 Å². The Morgan fingerprint density at radius 1 is 1.62 bits per heavy atom. The SMILES string of the molecule is B[C@@H]1O[C@H](/C=C/P(=O)(O)O)C[C@@H]1C. The van der Waals surface area contributed by atoms with Crippen LogP contribution in [0.4, 0.5) is 0 Å². The molecule has 1 fully saturated rings. The first-order valence-electron chi connectivity index (χ1n) is 4.28. The highest BCUT2D eigenvalue weighted by Crippen LogP contribution is 2.37. The topological polar surface area (TPSA) is 66.8 Å². The van der Waals surface area contributed by atoms with Crippen LogP contribution in [0.25, 0.3) is 0 Å². The maximum atomic E-state index is 10.5. The molecule has 0 aliphatic carbocycles. The van der Waals surface area contributed by atoms with Gasteiger partial charge in [-0.25, -0.2) is 0 Å². The number of hydrogen-bond acceptors (Lipinski definition) is 2. The van der Waals surface area contributed by atoms with Crippen molar-refractivity contribution < 1.29 is 19.1 Å². The van der Waals surface area contributed by atoms with Gasteiger partial charge in [-0.15, -0.1) is 0 Å². The molecule has 13 heavy (non-hydrogen) atoms. The highest BCUT2D eigenvalue weighted by atomic mass is 31.2. The van der Waals surface area contributed by atoms with Crippen LogP contribution in [0.3, 0.4) is 0 Å². The minimum absolute atomic E-state index is 0.141. The van der Waals surface area contributed by atoms with Crippen LogP contribution in [-0.4, -0.2) is 29.7 Å². The van der Waals surface area contributed by atoms with Gasteiger partial charge in [0.2, 0.25) is 0 Å². The fourth-order valence-electron chi connectivity index (χ4n) is 1.36. The maximum Gasteiger partial charge on any atom is 0.348 e. The van der Waals surface area contributed by atoms with Gasteiger partial charge in [0.15, 0.2) is 0 Å². The lowest BCUT2D eigenvalue weighted by atomic mass is 9.88. The minimum atomic E-state index is -4.02. The Balaban J connectivity index is 2.49. The van der Waals surface area contributed by atoms with Gasteiger partial charge in [-0.05, 0) is 18.4 Å². The minimum Gasteiger partial charge on any atom is -0.380 e. The van der Waals surface area contributed by atoms with Crippen molar-refractivity contribution in [1.82, 2.24) is 0 Å². The third-order valence-electron chi connectivity index (χ3n) is 2.29. The molecule has 3 atom stereocenters. The molecule has 2 N–H and O–H groups in total. The summed E-state index contributed by atoms with van der Waals surface area (Å²) >= 11 is 0. The van der Waals surface area contributed by atoms with Crippen LogP contribution >= 0.6 is 7.60 Å². The molecule has 1 heterocycles. The second kappa shape index (κ2) is 3.97. The first kappa shape index (κ1) is 11.0. The predicted octanol–water partition coefficient (Wildman–Crippen LogP) is 0.0620. The van der Waals surface area contributed by atoms with Gasteiger partial charge in [-0.3, -0.25) is 4.57 Å². The van der Waals surface area contributed by atoms with Crippen LogP contribution < -0.4 is 0 Å². The third-order valence-corrected chi connectivity index (χ3v) is 2.85. The van der Waals surface area contributed by atoms with Crippen molar-refractivity contribution in [2.24, 2.45) is 5.92 Å². The van der Waals surface area contributed by atoms with Crippen molar-refractivity contribution in [3.05, 3.63) is 11.9 Å². The quantitative estimate of drug-likeness (QED) is 0.493. The lowest BCUT2D eigenvalue weighted by molar-refractivity contribution is 0.112. The molecular weight excluding hydrogens is 190 g/mol. The highest BCUT2D eigenvalue weighted by molar-refractivity contribution is 7.55. The summed E-state index contributed by atoms with van der Waals surface area (Å²) in [5.41, 5.74) is 0. The fraction of sp³-hybridized carbons (Fsp3) is 0.714. The molecule has 0 aromatic rings. The van der Waals surface area contributed by atoms with E-state index in [1.807, 2.05) is 7.85 Å². The lowest BCUT2D eigenvalue weighted by Crippen LogP contribution is -2.12. The largest absolute Gasteiger partial charge is 0.380 e. The Hall–Kier alpha value is -0.0851. The van der Waals surface area contributed by atoms with Crippen LogP contribution in [0.1, 0.15) is 13.3 Å². The Bertz CT molecular complexity index is 239. The molecular formula is C7H14BO4P. The summed E-state index contributed by atoms with van der Waals surface area (Å²) in [5, 5.41) is 0. The van der Waals surface area contributed by atoms with Crippen molar-refractivity contribution >= 4 is 15.4 Å². The monoisotopic (exact) mass is 204 g/mol. The third kappa shape index (κ3) is 3.65. The zero-order chi connectivity index (χ0) is 10.1. The number of hydrogen-bond donors (Lipinski definition) is 2. The lowest BCUT2D eigenvalue weighted by Gasteiger charge is -2.06. The average Bonchev–Trinajstić information content (AvgIpc) is 2.27. The van der Waals surface area contributed by atoms with Crippen molar-refractivity contribution in [1.29, 1.82) is 0 Å². The molecule has 4 nitrogen and oxygen atoms in total. The van der Waals surface area contributed by atoms with E-state index in [4.69, 9.17) is 14.5 Å². The highest BCUT2D eigenvalue weighted by Gasteiger charge is 2.27. The maximum absolute atomic E-state index is 10.5. The van der Waals surface area contributed by atoms with Gasteiger partial charge in [0.25, 0.3) is 0 Å². The van der Waals surface area contributed by atoms with E-state index >= 15 is 0 Å². The van der Waals surface area contributed by atoms with E-state index in [-0.39, 0.29) is 12.1 Å². The molecule has 1 aliphatic heterocycles. The Labute approximate surface area is 78.6 Å². The number of rotatable bonds is 2. The van der Waals surface area contributed by atoms with Crippen LogP contribution in [0, 0.1) is 5.92 Å². The summed E-state index contributed by atoms with van der Waals surface area (Å²) in [5.74, 6) is 1.37. The van der Waals surface area contributed by atoms with Gasteiger partial charge in [-0.1, -0.05) is 6.92 Å². The van der Waals surface area contributed by atoms with Gasteiger partial charge < -0.3 is 14.5 Å². The molecule has 0 aromatic heterocycles. The molecule has 0 unspecified atom stereocenters. The van der Waals surface area contributed by atoms with Gasteiger partial charge in [0.05, 0.1) is 6.10 Å². The standard InChI is InChI=1S/C7H14BO4P/c1-5-4-6(12-7(5)8)2-3-13(9,10)11/h2-3,5-7H,4,8H2,1H3,(H2,9,10,11)/b3-2+/t5-,6+,7+/m0/s1. The molecule has 0 spiro atoms. The van der Waals surface area contributed by atoms with E-state index in [0.29, 0.717) is 5.92 Å². The van der Waals surface area contributed by atoms with Crippen LogP contribution in [-0.2, 0) is 9.30 Å². The summed E-state index contributed by atoms with van der Waals surface area (Å²) in [6, 6.07) is 0.173.